The van der Waals surface area contributed by atoms with E-state index in [0.29, 0.717) is 5.95 Å². The molecule has 0 amide bonds. The zero-order valence-electron chi connectivity index (χ0n) is 11.2. The van der Waals surface area contributed by atoms with Crippen LogP contribution in [0, 0.1) is 20.8 Å². The van der Waals surface area contributed by atoms with Crippen LogP contribution in [0.5, 0.6) is 0 Å². The lowest BCUT2D eigenvalue weighted by Crippen LogP contribution is -2.02. The van der Waals surface area contributed by atoms with E-state index in [1.165, 1.54) is 11.1 Å². The molecule has 0 bridgehead atoms. The molecular weight excluding hydrogens is 224 g/mol. The molecule has 0 aliphatic carbocycles. The topological polar surface area (TPSA) is 49.8 Å². The highest BCUT2D eigenvalue weighted by Gasteiger charge is 2.02. The van der Waals surface area contributed by atoms with Crippen LogP contribution in [0.3, 0.4) is 0 Å². The Morgan fingerprint density at radius 1 is 0.889 bits per heavy atom. The van der Waals surface area contributed by atoms with E-state index >= 15 is 0 Å². The molecule has 0 saturated carbocycles. The standard InChI is InChI=1S/C14H18N4/c1-9-5-10(2)7-12(6-9)17-13-8-11(3)16-14(15-4)18-13/h5-8H,1-4H3,(H2,15,16,17,18). The van der Waals surface area contributed by atoms with Crippen LogP contribution < -0.4 is 10.6 Å². The Bertz CT molecular complexity index is 543. The summed E-state index contributed by atoms with van der Waals surface area (Å²) in [7, 11) is 1.81. The van der Waals surface area contributed by atoms with Crippen LogP contribution in [0.2, 0.25) is 0 Å². The normalized spacial score (nSPS) is 10.2. The third-order valence-electron chi connectivity index (χ3n) is 2.57. The largest absolute Gasteiger partial charge is 0.357 e. The minimum Gasteiger partial charge on any atom is -0.357 e. The summed E-state index contributed by atoms with van der Waals surface area (Å²) in [6.07, 6.45) is 0. The van der Waals surface area contributed by atoms with Gasteiger partial charge in [-0.3, -0.25) is 0 Å². The lowest BCUT2D eigenvalue weighted by atomic mass is 10.1. The third kappa shape index (κ3) is 2.97. The minimum absolute atomic E-state index is 0.627. The fourth-order valence-corrected chi connectivity index (χ4v) is 1.94. The van der Waals surface area contributed by atoms with E-state index in [1.54, 1.807) is 0 Å². The second-order valence-electron chi connectivity index (χ2n) is 4.47. The summed E-state index contributed by atoms with van der Waals surface area (Å²) >= 11 is 0. The first-order valence-electron chi connectivity index (χ1n) is 5.95. The van der Waals surface area contributed by atoms with Gasteiger partial charge in [-0.15, -0.1) is 0 Å². The molecule has 4 nitrogen and oxygen atoms in total. The molecule has 0 aliphatic heterocycles. The predicted molar refractivity (Wildman–Crippen MR) is 75.5 cm³/mol. The maximum Gasteiger partial charge on any atom is 0.224 e. The molecular formula is C14H18N4. The van der Waals surface area contributed by atoms with Gasteiger partial charge in [0.05, 0.1) is 0 Å². The summed E-state index contributed by atoms with van der Waals surface area (Å²) in [5.41, 5.74) is 4.45. The first-order chi connectivity index (χ1) is 8.56. The van der Waals surface area contributed by atoms with Gasteiger partial charge >= 0.3 is 0 Å². The average molecular weight is 242 g/mol. The Kier molecular flexibility index (Phi) is 3.46. The van der Waals surface area contributed by atoms with Crippen molar-refractivity contribution in [2.45, 2.75) is 20.8 Å². The molecule has 0 aliphatic rings. The Balaban J connectivity index is 2.30. The van der Waals surface area contributed by atoms with Gasteiger partial charge in [0.2, 0.25) is 5.95 Å². The Morgan fingerprint density at radius 2 is 1.56 bits per heavy atom. The van der Waals surface area contributed by atoms with Gasteiger partial charge in [0.1, 0.15) is 5.82 Å². The van der Waals surface area contributed by atoms with Crippen molar-refractivity contribution in [3.05, 3.63) is 41.1 Å². The molecule has 4 heteroatoms. The smallest absolute Gasteiger partial charge is 0.224 e. The monoisotopic (exact) mass is 242 g/mol. The maximum atomic E-state index is 4.37. The Morgan fingerprint density at radius 3 is 2.17 bits per heavy atom. The van der Waals surface area contributed by atoms with Gasteiger partial charge in [-0.1, -0.05) is 6.07 Å². The molecule has 0 radical (unpaired) electrons. The maximum absolute atomic E-state index is 4.37. The highest BCUT2D eigenvalue weighted by Crippen LogP contribution is 2.19. The molecule has 1 aromatic carbocycles. The fourth-order valence-electron chi connectivity index (χ4n) is 1.94. The van der Waals surface area contributed by atoms with Crippen LogP contribution in [-0.4, -0.2) is 17.0 Å². The summed E-state index contributed by atoms with van der Waals surface area (Å²) in [6.45, 7) is 6.13. The van der Waals surface area contributed by atoms with Crippen LogP contribution in [0.25, 0.3) is 0 Å². The summed E-state index contributed by atoms with van der Waals surface area (Å²) in [6, 6.07) is 8.28. The first-order valence-corrected chi connectivity index (χ1v) is 5.95. The van der Waals surface area contributed by atoms with Gasteiger partial charge in [0.25, 0.3) is 0 Å². The van der Waals surface area contributed by atoms with Gasteiger partial charge < -0.3 is 10.6 Å². The number of anilines is 3. The number of hydrogen-bond acceptors (Lipinski definition) is 4. The number of nitrogens with one attached hydrogen (secondary N) is 2. The predicted octanol–water partition coefficient (Wildman–Crippen LogP) is 3.19. The molecule has 2 N–H and O–H groups in total. The highest BCUT2D eigenvalue weighted by molar-refractivity contribution is 5.59. The average Bonchev–Trinajstić information content (AvgIpc) is 2.26. The summed E-state index contributed by atoms with van der Waals surface area (Å²) < 4.78 is 0. The van der Waals surface area contributed by atoms with Gasteiger partial charge in [0, 0.05) is 24.5 Å². The van der Waals surface area contributed by atoms with Crippen molar-refractivity contribution in [2.24, 2.45) is 0 Å². The van der Waals surface area contributed by atoms with E-state index in [0.717, 1.165) is 17.2 Å². The second-order valence-corrected chi connectivity index (χ2v) is 4.47. The number of rotatable bonds is 3. The molecule has 18 heavy (non-hydrogen) atoms. The van der Waals surface area contributed by atoms with Crippen molar-refractivity contribution < 1.29 is 0 Å². The van der Waals surface area contributed by atoms with Crippen molar-refractivity contribution >= 4 is 17.5 Å². The number of aromatic nitrogens is 2. The van der Waals surface area contributed by atoms with Crippen molar-refractivity contribution in [3.63, 3.8) is 0 Å². The first kappa shape index (κ1) is 12.4. The molecule has 0 fully saturated rings. The van der Waals surface area contributed by atoms with Crippen LogP contribution in [0.15, 0.2) is 24.3 Å². The van der Waals surface area contributed by atoms with E-state index in [-0.39, 0.29) is 0 Å². The molecule has 0 unspecified atom stereocenters. The molecule has 0 saturated heterocycles. The quantitative estimate of drug-likeness (QED) is 0.868. The second kappa shape index (κ2) is 5.04. The van der Waals surface area contributed by atoms with Gasteiger partial charge in [0.15, 0.2) is 0 Å². The van der Waals surface area contributed by atoms with E-state index in [1.807, 2.05) is 20.0 Å². The van der Waals surface area contributed by atoms with Crippen LogP contribution in [0.1, 0.15) is 16.8 Å². The lowest BCUT2D eigenvalue weighted by Gasteiger charge is -2.09. The summed E-state index contributed by atoms with van der Waals surface area (Å²) in [5.74, 6) is 1.43. The molecule has 2 aromatic rings. The van der Waals surface area contributed by atoms with Crippen LogP contribution in [-0.2, 0) is 0 Å². The van der Waals surface area contributed by atoms with E-state index in [9.17, 15) is 0 Å². The van der Waals surface area contributed by atoms with Crippen LogP contribution in [0.4, 0.5) is 17.5 Å². The van der Waals surface area contributed by atoms with Gasteiger partial charge in [-0.25, -0.2) is 4.98 Å². The molecule has 94 valence electrons. The number of benzene rings is 1. The van der Waals surface area contributed by atoms with Gasteiger partial charge in [-0.2, -0.15) is 4.98 Å². The number of aryl methyl sites for hydroxylation is 3. The van der Waals surface area contributed by atoms with Gasteiger partial charge in [-0.05, 0) is 44.0 Å². The van der Waals surface area contributed by atoms with Crippen molar-refractivity contribution in [1.82, 2.24) is 9.97 Å². The Hall–Kier alpha value is -2.10. The van der Waals surface area contributed by atoms with Crippen molar-refractivity contribution in [2.75, 3.05) is 17.7 Å². The summed E-state index contributed by atoms with van der Waals surface area (Å²) in [4.78, 5) is 8.64. The SMILES string of the molecule is CNc1nc(C)cc(Nc2cc(C)cc(C)c2)n1. The van der Waals surface area contributed by atoms with Crippen molar-refractivity contribution in [1.29, 1.82) is 0 Å². The Labute approximate surface area is 107 Å². The van der Waals surface area contributed by atoms with E-state index < -0.39 is 0 Å². The van der Waals surface area contributed by atoms with Crippen LogP contribution >= 0.6 is 0 Å². The third-order valence-corrected chi connectivity index (χ3v) is 2.57. The van der Waals surface area contributed by atoms with E-state index in [4.69, 9.17) is 0 Å². The molecule has 1 heterocycles. The minimum atomic E-state index is 0.627. The molecule has 1 aromatic heterocycles. The molecule has 0 spiro atoms. The number of nitrogens with zero attached hydrogens (tertiary/aromatic N) is 2. The summed E-state index contributed by atoms with van der Waals surface area (Å²) in [5, 5.41) is 6.26. The lowest BCUT2D eigenvalue weighted by molar-refractivity contribution is 1.10. The fraction of sp³-hybridized carbons (Fsp3) is 0.286. The zero-order chi connectivity index (χ0) is 13.1. The van der Waals surface area contributed by atoms with E-state index in [2.05, 4.69) is 52.6 Å². The molecule has 0 atom stereocenters. The highest BCUT2D eigenvalue weighted by atomic mass is 15.1. The molecule has 2 rings (SSSR count). The number of hydrogen-bond donors (Lipinski definition) is 2. The van der Waals surface area contributed by atoms with Crippen molar-refractivity contribution in [3.8, 4) is 0 Å². The zero-order valence-corrected chi connectivity index (χ0v) is 11.2.